The van der Waals surface area contributed by atoms with E-state index in [9.17, 15) is 19.2 Å². The Kier molecular flexibility index (Phi) is 3.25. The molecule has 4 nitrogen and oxygen atoms in total. The van der Waals surface area contributed by atoms with Gasteiger partial charge in [0.15, 0.2) is 23.1 Å². The maximum Gasteiger partial charge on any atom is 0.182 e. The van der Waals surface area contributed by atoms with Gasteiger partial charge in [-0.3, -0.25) is 19.2 Å². The fourth-order valence-electron chi connectivity index (χ4n) is 1.89. The molecule has 4 heteroatoms. The van der Waals surface area contributed by atoms with Gasteiger partial charge in [-0.25, -0.2) is 0 Å². The van der Waals surface area contributed by atoms with Crippen LogP contribution in [0.4, 0.5) is 0 Å². The van der Waals surface area contributed by atoms with Crippen LogP contribution in [0.15, 0.2) is 46.6 Å². The summed E-state index contributed by atoms with van der Waals surface area (Å²) in [5, 5.41) is 0. The van der Waals surface area contributed by atoms with E-state index >= 15 is 0 Å². The minimum absolute atomic E-state index is 0.0166. The number of rotatable bonds is 2. The molecule has 19 heavy (non-hydrogen) atoms. The second kappa shape index (κ2) is 4.72. The maximum atomic E-state index is 11.7. The molecule has 96 valence electrons. The molecule has 0 aromatic carbocycles. The lowest BCUT2D eigenvalue weighted by molar-refractivity contribution is -0.115. The molecule has 0 aliphatic heterocycles. The third-order valence-electron chi connectivity index (χ3n) is 3.10. The third-order valence-corrected chi connectivity index (χ3v) is 3.10. The van der Waals surface area contributed by atoms with Gasteiger partial charge in [-0.05, 0) is 38.2 Å². The summed E-state index contributed by atoms with van der Waals surface area (Å²) in [6, 6.07) is 0. The lowest BCUT2D eigenvalue weighted by Crippen LogP contribution is -2.16. The fraction of sp³-hybridized carbons (Fsp3) is 0.200. The maximum absolute atomic E-state index is 11.7. The van der Waals surface area contributed by atoms with Crippen molar-refractivity contribution in [2.45, 2.75) is 20.3 Å². The van der Waals surface area contributed by atoms with Gasteiger partial charge in [-0.15, -0.1) is 0 Å². The van der Waals surface area contributed by atoms with Crippen LogP contribution in [0.1, 0.15) is 20.3 Å². The van der Waals surface area contributed by atoms with Gasteiger partial charge in [0.05, 0.1) is 0 Å². The van der Waals surface area contributed by atoms with E-state index in [-0.39, 0.29) is 40.7 Å². The Balaban J connectivity index is 2.24. The van der Waals surface area contributed by atoms with Gasteiger partial charge in [0.2, 0.25) is 0 Å². The van der Waals surface area contributed by atoms with Crippen molar-refractivity contribution in [3.05, 3.63) is 46.6 Å². The van der Waals surface area contributed by atoms with E-state index in [0.717, 1.165) is 0 Å². The summed E-state index contributed by atoms with van der Waals surface area (Å²) in [4.78, 5) is 46.5. The topological polar surface area (TPSA) is 68.3 Å². The van der Waals surface area contributed by atoms with Gasteiger partial charge in [0.25, 0.3) is 0 Å². The standard InChI is InChI=1S/C15H12O4/c1-8-3-14(18)10(6-12(8)16)5-11-7-13(17)9(2)4-15(11)19/h3-4,6-7H,5H2,1-2H3. The van der Waals surface area contributed by atoms with Crippen LogP contribution in [-0.2, 0) is 19.2 Å². The average Bonchev–Trinajstić information content (AvgIpc) is 2.32. The summed E-state index contributed by atoms with van der Waals surface area (Å²) >= 11 is 0. The number of carbonyl (C=O) groups excluding carboxylic acids is 4. The number of hydrogen-bond donors (Lipinski definition) is 0. The SMILES string of the molecule is CC1=CC(=O)C(CC2=CC(=O)C(C)=CC2=O)=CC1=O. The van der Waals surface area contributed by atoms with Crippen LogP contribution in [0.25, 0.3) is 0 Å². The van der Waals surface area contributed by atoms with Crippen LogP contribution in [0.3, 0.4) is 0 Å². The zero-order valence-corrected chi connectivity index (χ0v) is 10.6. The molecule has 0 amide bonds. The third kappa shape index (κ3) is 2.57. The summed E-state index contributed by atoms with van der Waals surface area (Å²) in [5.41, 5.74) is 1.25. The van der Waals surface area contributed by atoms with Crippen molar-refractivity contribution in [3.63, 3.8) is 0 Å². The van der Waals surface area contributed by atoms with E-state index in [0.29, 0.717) is 11.1 Å². The molecule has 0 saturated heterocycles. The Morgan fingerprint density at radius 1 is 0.632 bits per heavy atom. The van der Waals surface area contributed by atoms with Gasteiger partial charge < -0.3 is 0 Å². The summed E-state index contributed by atoms with van der Waals surface area (Å²) < 4.78 is 0. The van der Waals surface area contributed by atoms with Crippen molar-refractivity contribution in [2.75, 3.05) is 0 Å². The highest BCUT2D eigenvalue weighted by Crippen LogP contribution is 2.22. The lowest BCUT2D eigenvalue weighted by Gasteiger charge is -2.13. The Hall–Kier alpha value is -2.36. The Morgan fingerprint density at radius 3 is 1.37 bits per heavy atom. The zero-order valence-electron chi connectivity index (χ0n) is 10.6. The van der Waals surface area contributed by atoms with Gasteiger partial charge in [-0.2, -0.15) is 0 Å². The van der Waals surface area contributed by atoms with E-state index in [1.807, 2.05) is 0 Å². The number of ketones is 4. The second-order valence-electron chi connectivity index (χ2n) is 4.63. The summed E-state index contributed by atoms with van der Waals surface area (Å²) in [7, 11) is 0. The minimum Gasteiger partial charge on any atom is -0.290 e. The van der Waals surface area contributed by atoms with Crippen LogP contribution >= 0.6 is 0 Å². The van der Waals surface area contributed by atoms with Crippen LogP contribution in [-0.4, -0.2) is 23.1 Å². The number of hydrogen-bond acceptors (Lipinski definition) is 4. The normalized spacial score (nSPS) is 19.9. The van der Waals surface area contributed by atoms with Crippen molar-refractivity contribution in [3.8, 4) is 0 Å². The highest BCUT2D eigenvalue weighted by molar-refractivity contribution is 6.23. The molecule has 0 saturated carbocycles. The predicted octanol–water partition coefficient (Wildman–Crippen LogP) is 1.43. The van der Waals surface area contributed by atoms with Crippen molar-refractivity contribution in [1.29, 1.82) is 0 Å². The van der Waals surface area contributed by atoms with Crippen LogP contribution in [0.5, 0.6) is 0 Å². The molecule has 0 aromatic heterocycles. The fourth-order valence-corrected chi connectivity index (χ4v) is 1.89. The Bertz CT molecular complexity index is 583. The first-order chi connectivity index (χ1) is 8.88. The van der Waals surface area contributed by atoms with E-state index in [1.54, 1.807) is 13.8 Å². The molecule has 0 bridgehead atoms. The molecule has 0 spiro atoms. The molecule has 2 aliphatic carbocycles. The molecular weight excluding hydrogens is 244 g/mol. The van der Waals surface area contributed by atoms with Gasteiger partial charge in [-0.1, -0.05) is 0 Å². The molecule has 0 heterocycles. The number of allylic oxidation sites excluding steroid dienone is 8. The monoisotopic (exact) mass is 256 g/mol. The Labute approximate surface area is 110 Å². The smallest absolute Gasteiger partial charge is 0.182 e. The first kappa shape index (κ1) is 13.1. The van der Waals surface area contributed by atoms with E-state index in [1.165, 1.54) is 24.3 Å². The predicted molar refractivity (Wildman–Crippen MR) is 68.3 cm³/mol. The Morgan fingerprint density at radius 2 is 1.00 bits per heavy atom. The molecule has 0 radical (unpaired) electrons. The summed E-state index contributed by atoms with van der Waals surface area (Å²) in [5.74, 6) is -1.05. The van der Waals surface area contributed by atoms with Crippen molar-refractivity contribution >= 4 is 23.1 Å². The molecule has 0 unspecified atom stereocenters. The molecule has 0 fully saturated rings. The van der Waals surface area contributed by atoms with Gasteiger partial charge >= 0.3 is 0 Å². The van der Waals surface area contributed by atoms with Gasteiger partial charge in [0.1, 0.15) is 0 Å². The zero-order chi connectivity index (χ0) is 14.2. The van der Waals surface area contributed by atoms with Crippen LogP contribution in [0.2, 0.25) is 0 Å². The second-order valence-corrected chi connectivity index (χ2v) is 4.63. The van der Waals surface area contributed by atoms with Crippen LogP contribution in [0, 0.1) is 0 Å². The average molecular weight is 256 g/mol. The first-order valence-electron chi connectivity index (χ1n) is 5.83. The van der Waals surface area contributed by atoms with E-state index in [4.69, 9.17) is 0 Å². The molecule has 0 atom stereocenters. The van der Waals surface area contributed by atoms with E-state index < -0.39 is 0 Å². The molecule has 2 aliphatic rings. The number of carbonyl (C=O) groups is 4. The van der Waals surface area contributed by atoms with Crippen molar-refractivity contribution < 1.29 is 19.2 Å². The summed E-state index contributed by atoms with van der Waals surface area (Å²) in [6.45, 7) is 3.13. The molecular formula is C15H12O4. The lowest BCUT2D eigenvalue weighted by atomic mass is 9.88. The largest absolute Gasteiger partial charge is 0.290 e. The van der Waals surface area contributed by atoms with Gasteiger partial charge in [0, 0.05) is 28.7 Å². The first-order valence-corrected chi connectivity index (χ1v) is 5.83. The van der Waals surface area contributed by atoms with Crippen molar-refractivity contribution in [1.82, 2.24) is 0 Å². The highest BCUT2D eigenvalue weighted by Gasteiger charge is 2.23. The van der Waals surface area contributed by atoms with E-state index in [2.05, 4.69) is 0 Å². The van der Waals surface area contributed by atoms with Crippen molar-refractivity contribution in [2.24, 2.45) is 0 Å². The van der Waals surface area contributed by atoms with Crippen LogP contribution < -0.4 is 0 Å². The molecule has 0 N–H and O–H groups in total. The molecule has 2 rings (SSSR count). The summed E-state index contributed by atoms with van der Waals surface area (Å²) in [6.07, 6.45) is 5.01. The molecule has 0 aromatic rings. The highest BCUT2D eigenvalue weighted by atomic mass is 16.1. The quantitative estimate of drug-likeness (QED) is 0.701. The minimum atomic E-state index is -0.287.